The maximum Gasteiger partial charge on any atom is 0.306 e. The molecule has 0 aromatic carbocycles. The zero-order valence-corrected chi connectivity index (χ0v) is 50.3. The Hall–Kier alpha value is -3.41. The smallest absolute Gasteiger partial charge is 0.306 e. The van der Waals surface area contributed by atoms with Crippen molar-refractivity contribution in [2.75, 3.05) is 13.2 Å². The maximum atomic E-state index is 12.9. The van der Waals surface area contributed by atoms with E-state index in [1.54, 1.807) is 0 Å². The molecule has 0 amide bonds. The van der Waals surface area contributed by atoms with Crippen LogP contribution in [0.3, 0.4) is 0 Å². The standard InChI is InChI=1S/C70H122O6/c1-4-7-10-13-16-18-20-22-24-26-28-30-32-34-35-37-38-40-42-44-46-48-50-52-54-57-60-63-69(72)75-66-67(65-74-68(71)62-59-56-15-12-9-6-3)76-70(73)64-61-58-55-53-51-49-47-45-43-41-39-36-33-31-29-27-25-23-21-19-17-14-11-8-5-2/h7,10,16,18,21-24,27-30,33,36,67H,4-6,8-9,11-15,17,19-20,25-26,31-32,34-35,37-66H2,1-3H3/b10-7-,18-16-,23-21-,24-22-,29-27-,30-28-,36-33-. The Morgan fingerprint density at radius 1 is 0.276 bits per heavy atom. The SMILES string of the molecule is CC/C=C\C/C=C\C/C=C\C/C=C\CCCCCCCCCCCCCCCCC(=O)OCC(COC(=O)CCCCCCCC)OC(=O)CCCCCCCCCCCC/C=C\C/C=C\C/C=C\CCCCCCC. The van der Waals surface area contributed by atoms with Crippen LogP contribution in [0.15, 0.2) is 85.1 Å². The van der Waals surface area contributed by atoms with E-state index in [1.165, 1.54) is 186 Å². The Morgan fingerprint density at radius 2 is 0.513 bits per heavy atom. The van der Waals surface area contributed by atoms with Crippen LogP contribution in [-0.4, -0.2) is 37.2 Å². The fourth-order valence-corrected chi connectivity index (χ4v) is 9.27. The molecule has 76 heavy (non-hydrogen) atoms. The number of allylic oxidation sites excluding steroid dienone is 14. The molecule has 1 unspecified atom stereocenters. The highest BCUT2D eigenvalue weighted by molar-refractivity contribution is 5.71. The molecule has 0 aliphatic rings. The van der Waals surface area contributed by atoms with E-state index in [1.807, 2.05) is 0 Å². The second-order valence-electron chi connectivity index (χ2n) is 21.6. The number of hydrogen-bond acceptors (Lipinski definition) is 6. The van der Waals surface area contributed by atoms with Crippen molar-refractivity contribution in [3.05, 3.63) is 85.1 Å². The highest BCUT2D eigenvalue weighted by Crippen LogP contribution is 2.17. The summed E-state index contributed by atoms with van der Waals surface area (Å²) in [6.45, 7) is 6.48. The van der Waals surface area contributed by atoms with Crippen LogP contribution in [0, 0.1) is 0 Å². The molecule has 0 N–H and O–H groups in total. The van der Waals surface area contributed by atoms with Gasteiger partial charge in [0.2, 0.25) is 0 Å². The molecule has 0 spiro atoms. The third-order valence-electron chi connectivity index (χ3n) is 14.1. The van der Waals surface area contributed by atoms with Gasteiger partial charge in [0.1, 0.15) is 13.2 Å². The molecule has 0 aromatic heterocycles. The van der Waals surface area contributed by atoms with Gasteiger partial charge >= 0.3 is 17.9 Å². The number of ether oxygens (including phenoxy) is 3. The lowest BCUT2D eigenvalue weighted by atomic mass is 10.0. The number of unbranched alkanes of at least 4 members (excludes halogenated alkanes) is 34. The topological polar surface area (TPSA) is 78.9 Å². The summed E-state index contributed by atoms with van der Waals surface area (Å²) in [6.07, 6.45) is 84.9. The van der Waals surface area contributed by atoms with Crippen molar-refractivity contribution >= 4 is 17.9 Å². The van der Waals surface area contributed by atoms with Crippen LogP contribution in [0.1, 0.15) is 323 Å². The fourth-order valence-electron chi connectivity index (χ4n) is 9.27. The van der Waals surface area contributed by atoms with E-state index < -0.39 is 6.10 Å². The monoisotopic (exact) mass is 1060 g/mol. The Morgan fingerprint density at radius 3 is 0.803 bits per heavy atom. The predicted molar refractivity (Wildman–Crippen MR) is 330 cm³/mol. The van der Waals surface area contributed by atoms with Gasteiger partial charge in [-0.05, 0) is 96.3 Å². The lowest BCUT2D eigenvalue weighted by Gasteiger charge is -2.18. The highest BCUT2D eigenvalue weighted by atomic mass is 16.6. The normalized spacial score (nSPS) is 12.6. The third-order valence-corrected chi connectivity index (χ3v) is 14.1. The first-order valence-corrected chi connectivity index (χ1v) is 32.6. The number of rotatable bonds is 59. The molecule has 0 radical (unpaired) electrons. The zero-order valence-electron chi connectivity index (χ0n) is 50.3. The Labute approximate surface area is 471 Å². The van der Waals surface area contributed by atoms with Crippen molar-refractivity contribution in [1.82, 2.24) is 0 Å². The van der Waals surface area contributed by atoms with E-state index in [0.717, 1.165) is 96.3 Å². The lowest BCUT2D eigenvalue weighted by molar-refractivity contribution is -0.167. The van der Waals surface area contributed by atoms with E-state index >= 15 is 0 Å². The number of esters is 3. The van der Waals surface area contributed by atoms with Crippen LogP contribution < -0.4 is 0 Å². The van der Waals surface area contributed by atoms with Crippen LogP contribution in [0.4, 0.5) is 0 Å². The molecule has 0 saturated heterocycles. The third kappa shape index (κ3) is 61.4. The number of carbonyl (C=O) groups is 3. The van der Waals surface area contributed by atoms with Crippen LogP contribution in [-0.2, 0) is 28.6 Å². The minimum Gasteiger partial charge on any atom is -0.462 e. The Kier molecular flexibility index (Phi) is 61.2. The van der Waals surface area contributed by atoms with Crippen molar-refractivity contribution < 1.29 is 28.6 Å². The fraction of sp³-hybridized carbons (Fsp3) is 0.757. The van der Waals surface area contributed by atoms with Gasteiger partial charge in [-0.25, -0.2) is 0 Å². The minimum absolute atomic E-state index is 0.0759. The summed E-state index contributed by atoms with van der Waals surface area (Å²) < 4.78 is 16.8. The van der Waals surface area contributed by atoms with Crippen molar-refractivity contribution in [3.63, 3.8) is 0 Å². The molecule has 0 heterocycles. The number of carbonyl (C=O) groups excluding carboxylic acids is 3. The summed E-state index contributed by atoms with van der Waals surface area (Å²) in [4.78, 5) is 38.0. The minimum atomic E-state index is -0.776. The summed E-state index contributed by atoms with van der Waals surface area (Å²) in [5, 5.41) is 0. The summed E-state index contributed by atoms with van der Waals surface area (Å²) in [7, 11) is 0. The summed E-state index contributed by atoms with van der Waals surface area (Å²) >= 11 is 0. The molecule has 0 saturated carbocycles. The van der Waals surface area contributed by atoms with Gasteiger partial charge in [-0.1, -0.05) is 292 Å². The highest BCUT2D eigenvalue weighted by Gasteiger charge is 2.19. The molecular formula is C70H122O6. The molecule has 6 nitrogen and oxygen atoms in total. The second-order valence-corrected chi connectivity index (χ2v) is 21.6. The van der Waals surface area contributed by atoms with Gasteiger partial charge < -0.3 is 14.2 Å². The van der Waals surface area contributed by atoms with Crippen molar-refractivity contribution in [3.8, 4) is 0 Å². The molecule has 438 valence electrons. The van der Waals surface area contributed by atoms with E-state index in [4.69, 9.17) is 14.2 Å². The first kappa shape index (κ1) is 72.6. The summed E-state index contributed by atoms with van der Waals surface area (Å²) in [5.74, 6) is -0.878. The second kappa shape index (κ2) is 64.1. The van der Waals surface area contributed by atoms with Gasteiger partial charge in [-0.15, -0.1) is 0 Å². The average Bonchev–Trinajstić information content (AvgIpc) is 3.42. The van der Waals surface area contributed by atoms with E-state index in [0.29, 0.717) is 19.3 Å². The number of hydrogen-bond donors (Lipinski definition) is 0. The first-order valence-electron chi connectivity index (χ1n) is 32.6. The van der Waals surface area contributed by atoms with Crippen molar-refractivity contribution in [1.29, 1.82) is 0 Å². The average molecular weight is 1060 g/mol. The first-order chi connectivity index (χ1) is 37.5. The quantitative estimate of drug-likeness (QED) is 0.0261. The molecule has 0 rings (SSSR count). The molecule has 1 atom stereocenters. The lowest BCUT2D eigenvalue weighted by Crippen LogP contribution is -2.30. The molecule has 0 fully saturated rings. The van der Waals surface area contributed by atoms with Crippen LogP contribution in [0.25, 0.3) is 0 Å². The van der Waals surface area contributed by atoms with Gasteiger partial charge in [0.25, 0.3) is 0 Å². The van der Waals surface area contributed by atoms with E-state index in [9.17, 15) is 14.4 Å². The van der Waals surface area contributed by atoms with Gasteiger partial charge in [0.05, 0.1) is 0 Å². The molecule has 0 aliphatic carbocycles. The van der Waals surface area contributed by atoms with Gasteiger partial charge in [0.15, 0.2) is 6.10 Å². The van der Waals surface area contributed by atoms with Gasteiger partial charge in [0, 0.05) is 19.3 Å². The molecule has 0 bridgehead atoms. The van der Waals surface area contributed by atoms with Gasteiger partial charge in [-0.2, -0.15) is 0 Å². The molecule has 0 aromatic rings. The largest absolute Gasteiger partial charge is 0.462 e. The summed E-state index contributed by atoms with van der Waals surface area (Å²) in [6, 6.07) is 0. The van der Waals surface area contributed by atoms with Crippen molar-refractivity contribution in [2.24, 2.45) is 0 Å². The van der Waals surface area contributed by atoms with Crippen LogP contribution in [0.5, 0.6) is 0 Å². The van der Waals surface area contributed by atoms with Crippen LogP contribution >= 0.6 is 0 Å². The Balaban J connectivity index is 4.08. The van der Waals surface area contributed by atoms with Crippen LogP contribution in [0.2, 0.25) is 0 Å². The van der Waals surface area contributed by atoms with Crippen molar-refractivity contribution in [2.45, 2.75) is 329 Å². The maximum absolute atomic E-state index is 12.9. The zero-order chi connectivity index (χ0) is 55.0. The van der Waals surface area contributed by atoms with E-state index in [2.05, 4.69) is 106 Å². The molecule has 0 aliphatic heterocycles. The summed E-state index contributed by atoms with van der Waals surface area (Å²) in [5.41, 5.74) is 0. The Bertz CT molecular complexity index is 1450. The molecular weight excluding hydrogens is 937 g/mol. The van der Waals surface area contributed by atoms with Gasteiger partial charge in [-0.3, -0.25) is 14.4 Å². The molecule has 6 heteroatoms. The van der Waals surface area contributed by atoms with E-state index in [-0.39, 0.29) is 31.1 Å². The predicted octanol–water partition coefficient (Wildman–Crippen LogP) is 22.3.